The lowest BCUT2D eigenvalue weighted by molar-refractivity contribution is -0.121. The van der Waals surface area contributed by atoms with Crippen molar-refractivity contribution in [1.82, 2.24) is 14.9 Å². The fraction of sp³-hybridized carbons (Fsp3) is 0.176. The number of hydrogen-bond acceptors (Lipinski definition) is 7. The Morgan fingerprint density at radius 2 is 2.04 bits per heavy atom. The van der Waals surface area contributed by atoms with Gasteiger partial charge in [0, 0.05) is 25.0 Å². The van der Waals surface area contributed by atoms with Crippen LogP contribution in [0.3, 0.4) is 0 Å². The molecule has 1 saturated heterocycles. The number of aromatic hydroxyl groups is 1. The highest BCUT2D eigenvalue weighted by Gasteiger charge is 2.32. The van der Waals surface area contributed by atoms with E-state index in [0.717, 1.165) is 16.7 Å². The third kappa shape index (κ3) is 3.81. The maximum atomic E-state index is 14.4. The summed E-state index contributed by atoms with van der Waals surface area (Å²) in [7, 11) is 1.36. The number of carbonyl (C=O) groups is 2. The molecule has 27 heavy (non-hydrogen) atoms. The number of thioether (sulfide) groups is 1. The van der Waals surface area contributed by atoms with Crippen molar-refractivity contribution in [3.63, 3.8) is 0 Å². The number of phenolic OH excluding ortho intramolecular Hbond substituents is 1. The molecule has 1 aliphatic rings. The van der Waals surface area contributed by atoms with Gasteiger partial charge in [-0.15, -0.1) is 0 Å². The van der Waals surface area contributed by atoms with Crippen molar-refractivity contribution < 1.29 is 23.8 Å². The number of nitrogens with zero attached hydrogens (tertiary/aromatic N) is 3. The zero-order valence-electron chi connectivity index (χ0n) is 14.1. The van der Waals surface area contributed by atoms with Crippen molar-refractivity contribution in [2.24, 2.45) is 0 Å². The predicted octanol–water partition coefficient (Wildman–Crippen LogP) is 3.89. The Morgan fingerprint density at radius 1 is 1.37 bits per heavy atom. The molecular weight excluding hydrogens is 441 g/mol. The number of benzene rings is 1. The predicted molar refractivity (Wildman–Crippen MR) is 101 cm³/mol. The Labute approximate surface area is 166 Å². The number of carbonyl (C=O) groups excluding carboxylic acids is 2. The second-order valence-electron chi connectivity index (χ2n) is 5.61. The molecule has 1 N–H and O–H groups in total. The number of ether oxygens (including phenoxy) is 1. The molecule has 10 heteroatoms. The number of rotatable bonds is 4. The summed E-state index contributed by atoms with van der Waals surface area (Å²) in [6.45, 7) is 1.69. The van der Waals surface area contributed by atoms with Gasteiger partial charge < -0.3 is 9.84 Å². The fourth-order valence-electron chi connectivity index (χ4n) is 2.27. The number of aromatic nitrogens is 2. The first-order valence-electron chi connectivity index (χ1n) is 7.63. The summed E-state index contributed by atoms with van der Waals surface area (Å²) in [5.41, 5.74) is 0.879. The van der Waals surface area contributed by atoms with Gasteiger partial charge in [0.1, 0.15) is 12.4 Å². The van der Waals surface area contributed by atoms with Crippen LogP contribution in [-0.2, 0) is 4.79 Å². The van der Waals surface area contributed by atoms with Crippen molar-refractivity contribution >= 4 is 44.9 Å². The van der Waals surface area contributed by atoms with Crippen molar-refractivity contribution in [3.8, 4) is 11.5 Å². The van der Waals surface area contributed by atoms with Gasteiger partial charge in [-0.3, -0.25) is 14.5 Å². The number of phenols is 1. The zero-order valence-corrected chi connectivity index (χ0v) is 16.5. The molecule has 0 saturated carbocycles. The SMILES string of the molecule is CC(Oc1cc(/C=C2\SC(=O)N(C)C2=O)c(Br)c(F)c1O)c1cncnc1. The molecule has 1 atom stereocenters. The van der Waals surface area contributed by atoms with Gasteiger partial charge in [-0.05, 0) is 52.3 Å². The Kier molecular flexibility index (Phi) is 5.47. The molecule has 3 rings (SSSR count). The number of imide groups is 1. The molecule has 1 unspecified atom stereocenters. The van der Waals surface area contributed by atoms with Gasteiger partial charge in [0.25, 0.3) is 11.1 Å². The molecule has 0 radical (unpaired) electrons. The van der Waals surface area contributed by atoms with Gasteiger partial charge in [0.05, 0.1) is 9.38 Å². The maximum absolute atomic E-state index is 14.4. The highest BCUT2D eigenvalue weighted by atomic mass is 79.9. The molecule has 1 aromatic heterocycles. The molecule has 0 spiro atoms. The van der Waals surface area contributed by atoms with E-state index in [1.54, 1.807) is 19.3 Å². The number of halogens is 2. The first kappa shape index (κ1) is 19.3. The van der Waals surface area contributed by atoms with E-state index < -0.39 is 28.8 Å². The van der Waals surface area contributed by atoms with E-state index in [2.05, 4.69) is 25.9 Å². The van der Waals surface area contributed by atoms with Crippen LogP contribution in [0.25, 0.3) is 6.08 Å². The minimum Gasteiger partial charge on any atom is -0.502 e. The average molecular weight is 454 g/mol. The summed E-state index contributed by atoms with van der Waals surface area (Å²) in [5.74, 6) is -2.21. The van der Waals surface area contributed by atoms with Crippen LogP contribution in [0.1, 0.15) is 24.2 Å². The summed E-state index contributed by atoms with van der Waals surface area (Å²) < 4.78 is 20.0. The van der Waals surface area contributed by atoms with Gasteiger partial charge in [-0.2, -0.15) is 0 Å². The number of amides is 2. The third-order valence-corrected chi connectivity index (χ3v) is 5.57. The van der Waals surface area contributed by atoms with E-state index in [-0.39, 0.29) is 20.7 Å². The smallest absolute Gasteiger partial charge is 0.293 e. The summed E-state index contributed by atoms with van der Waals surface area (Å²) >= 11 is 3.81. The van der Waals surface area contributed by atoms with E-state index in [1.807, 2.05) is 0 Å². The monoisotopic (exact) mass is 453 g/mol. The molecule has 0 aliphatic carbocycles. The summed E-state index contributed by atoms with van der Waals surface area (Å²) in [5, 5.41) is 9.66. The average Bonchev–Trinajstić information content (AvgIpc) is 2.91. The van der Waals surface area contributed by atoms with Crippen LogP contribution in [0, 0.1) is 5.82 Å². The molecule has 2 aromatic rings. The Morgan fingerprint density at radius 3 is 2.63 bits per heavy atom. The summed E-state index contributed by atoms with van der Waals surface area (Å²) in [6, 6.07) is 1.38. The normalized spacial score (nSPS) is 16.9. The van der Waals surface area contributed by atoms with E-state index in [1.165, 1.54) is 25.5 Å². The van der Waals surface area contributed by atoms with Crippen LogP contribution in [0.2, 0.25) is 0 Å². The molecule has 1 fully saturated rings. The highest BCUT2D eigenvalue weighted by molar-refractivity contribution is 9.10. The van der Waals surface area contributed by atoms with Crippen LogP contribution in [0.4, 0.5) is 9.18 Å². The zero-order chi connectivity index (χ0) is 19.7. The second kappa shape index (κ2) is 7.65. The van der Waals surface area contributed by atoms with Crippen LogP contribution in [0.15, 0.2) is 34.2 Å². The Balaban J connectivity index is 1.97. The molecule has 2 heterocycles. The second-order valence-corrected chi connectivity index (χ2v) is 7.40. The topological polar surface area (TPSA) is 92.6 Å². The molecule has 2 amide bonds. The van der Waals surface area contributed by atoms with Crippen molar-refractivity contribution in [3.05, 3.63) is 51.1 Å². The molecule has 1 aliphatic heterocycles. The van der Waals surface area contributed by atoms with Crippen LogP contribution in [0.5, 0.6) is 11.5 Å². The van der Waals surface area contributed by atoms with Gasteiger partial charge in [-0.25, -0.2) is 14.4 Å². The lowest BCUT2D eigenvalue weighted by Crippen LogP contribution is -2.22. The van der Waals surface area contributed by atoms with Gasteiger partial charge in [-0.1, -0.05) is 0 Å². The van der Waals surface area contributed by atoms with Crippen molar-refractivity contribution in [2.75, 3.05) is 7.05 Å². The quantitative estimate of drug-likeness (QED) is 0.701. The third-order valence-electron chi connectivity index (χ3n) is 3.80. The van der Waals surface area contributed by atoms with Gasteiger partial charge in [0.2, 0.25) is 0 Å². The van der Waals surface area contributed by atoms with Crippen LogP contribution < -0.4 is 4.74 Å². The van der Waals surface area contributed by atoms with E-state index >= 15 is 0 Å². The molecule has 1 aromatic carbocycles. The number of likely N-dealkylation sites (N-methyl/N-ethyl adjacent to an activating group) is 1. The maximum Gasteiger partial charge on any atom is 0.293 e. The van der Waals surface area contributed by atoms with Gasteiger partial charge >= 0.3 is 0 Å². The van der Waals surface area contributed by atoms with Crippen LogP contribution in [-0.4, -0.2) is 38.2 Å². The van der Waals surface area contributed by atoms with Crippen molar-refractivity contribution in [2.45, 2.75) is 13.0 Å². The standard InChI is InChI=1S/C17H13BrFN3O4S/c1-8(10-5-20-7-21-6-10)26-11-3-9(13(18)14(19)15(11)23)4-12-16(24)22(2)17(25)27-12/h3-8,23H,1-2H3/b12-4-. The molecule has 0 bridgehead atoms. The van der Waals surface area contributed by atoms with E-state index in [9.17, 15) is 19.1 Å². The Bertz CT molecular complexity index is 955. The van der Waals surface area contributed by atoms with E-state index in [4.69, 9.17) is 4.74 Å². The largest absolute Gasteiger partial charge is 0.502 e. The first-order valence-corrected chi connectivity index (χ1v) is 9.24. The fourth-order valence-corrected chi connectivity index (χ4v) is 3.51. The summed E-state index contributed by atoms with van der Waals surface area (Å²) in [4.78, 5) is 32.6. The minimum absolute atomic E-state index is 0.0500. The van der Waals surface area contributed by atoms with E-state index in [0.29, 0.717) is 5.56 Å². The van der Waals surface area contributed by atoms with Crippen molar-refractivity contribution in [1.29, 1.82) is 0 Å². The van der Waals surface area contributed by atoms with Gasteiger partial charge in [0.15, 0.2) is 17.3 Å². The Hall–Kier alpha value is -2.46. The molecule has 7 nitrogen and oxygen atoms in total. The first-order chi connectivity index (χ1) is 12.8. The molecule has 140 valence electrons. The lowest BCUT2D eigenvalue weighted by atomic mass is 10.1. The number of hydrogen-bond donors (Lipinski definition) is 1. The van der Waals surface area contributed by atoms with Crippen LogP contribution >= 0.6 is 27.7 Å². The highest BCUT2D eigenvalue weighted by Crippen LogP contribution is 2.41. The minimum atomic E-state index is -0.939. The summed E-state index contributed by atoms with van der Waals surface area (Å²) in [6.07, 6.45) is 5.26. The molecular formula is C17H13BrFN3O4S. The lowest BCUT2D eigenvalue weighted by Gasteiger charge is -2.17.